The van der Waals surface area contributed by atoms with Gasteiger partial charge in [0, 0.05) is 0 Å². The second kappa shape index (κ2) is 5.79. The van der Waals surface area contributed by atoms with Crippen LogP contribution in [-0.2, 0) is 0 Å². The fraction of sp³-hybridized carbons (Fsp3) is 0.500. The van der Waals surface area contributed by atoms with E-state index in [1.165, 1.54) is 0 Å². The monoisotopic (exact) mass is 202 g/mol. The van der Waals surface area contributed by atoms with E-state index in [2.05, 4.69) is 27.7 Å². The number of hydrogen-bond acceptors (Lipinski definition) is 1. The molecule has 0 aromatic heterocycles. The zero-order valence-electron chi connectivity index (χ0n) is 8.83. The molecule has 14 heavy (non-hydrogen) atoms. The fourth-order valence-electron chi connectivity index (χ4n) is 1.51. The number of phenolic OH excluding ortho intramolecular Hbond substituents is 1. The molecule has 0 aliphatic carbocycles. The average molecular weight is 202 g/mol. The zero-order chi connectivity index (χ0) is 10.0. The van der Waals surface area contributed by atoms with Crippen LogP contribution in [0.3, 0.4) is 0 Å². The van der Waals surface area contributed by atoms with Gasteiger partial charge in [-0.25, -0.2) is 0 Å². The molecule has 1 N–H and O–H groups in total. The molecule has 74 valence electrons. The molecule has 0 bridgehead atoms. The van der Waals surface area contributed by atoms with Crippen LogP contribution < -0.4 is 0 Å². The van der Waals surface area contributed by atoms with Crippen molar-refractivity contribution in [2.24, 2.45) is 0 Å². The third-order valence-electron chi connectivity index (χ3n) is 2.34. The Bertz CT molecular complexity index is 266. The van der Waals surface area contributed by atoms with Crippen LogP contribution in [0.2, 0.25) is 0 Å². The number of phenols is 1. The van der Waals surface area contributed by atoms with Crippen LogP contribution in [0, 0.1) is 0 Å². The molecule has 0 aliphatic rings. The Morgan fingerprint density at radius 1 is 0.929 bits per heavy atom. The van der Waals surface area contributed by atoms with Crippen LogP contribution >= 0.6 is 0 Å². The molecule has 0 saturated carbocycles. The van der Waals surface area contributed by atoms with Gasteiger partial charge in [-0.2, -0.15) is 0 Å². The molecule has 0 saturated heterocycles. The normalized spacial score (nSPS) is 10.4. The SMILES string of the molecule is CC(C)c1cccc(C(C)C)c1O.[NaH]. The summed E-state index contributed by atoms with van der Waals surface area (Å²) in [5.74, 6) is 1.25. The molecule has 0 heterocycles. The Labute approximate surface area is 109 Å². The minimum absolute atomic E-state index is 0. The van der Waals surface area contributed by atoms with Crippen molar-refractivity contribution in [2.45, 2.75) is 39.5 Å². The minimum atomic E-state index is 0. The maximum atomic E-state index is 9.93. The van der Waals surface area contributed by atoms with Crippen LogP contribution in [0.1, 0.15) is 50.7 Å². The molecule has 0 spiro atoms. The summed E-state index contributed by atoms with van der Waals surface area (Å²) in [4.78, 5) is 0. The van der Waals surface area contributed by atoms with E-state index < -0.39 is 0 Å². The van der Waals surface area contributed by atoms with Crippen molar-refractivity contribution in [3.63, 3.8) is 0 Å². The molecule has 0 unspecified atom stereocenters. The maximum absolute atomic E-state index is 9.93. The Kier molecular flexibility index (Phi) is 5.80. The number of benzene rings is 1. The van der Waals surface area contributed by atoms with E-state index in [-0.39, 0.29) is 29.6 Å². The third-order valence-corrected chi connectivity index (χ3v) is 2.34. The summed E-state index contributed by atoms with van der Waals surface area (Å²) in [6.07, 6.45) is 0. The first-order valence-corrected chi connectivity index (χ1v) is 4.85. The van der Waals surface area contributed by atoms with Crippen molar-refractivity contribution in [2.75, 3.05) is 0 Å². The molecule has 0 radical (unpaired) electrons. The van der Waals surface area contributed by atoms with E-state index >= 15 is 0 Å². The molecular formula is C12H19NaO. The Morgan fingerprint density at radius 2 is 1.29 bits per heavy atom. The van der Waals surface area contributed by atoms with Crippen molar-refractivity contribution in [1.29, 1.82) is 0 Å². The fourth-order valence-corrected chi connectivity index (χ4v) is 1.51. The molecule has 1 nitrogen and oxygen atoms in total. The summed E-state index contributed by atoms with van der Waals surface area (Å²) in [6, 6.07) is 6.00. The van der Waals surface area contributed by atoms with E-state index in [0.29, 0.717) is 17.6 Å². The van der Waals surface area contributed by atoms with E-state index in [1.54, 1.807) is 0 Å². The van der Waals surface area contributed by atoms with Gasteiger partial charge in [-0.05, 0) is 23.0 Å². The number of para-hydroxylation sites is 1. The molecule has 0 aliphatic heterocycles. The predicted molar refractivity (Wildman–Crippen MR) is 63.4 cm³/mol. The van der Waals surface area contributed by atoms with Crippen LogP contribution in [0.15, 0.2) is 18.2 Å². The van der Waals surface area contributed by atoms with Crippen molar-refractivity contribution < 1.29 is 5.11 Å². The van der Waals surface area contributed by atoms with E-state index in [4.69, 9.17) is 0 Å². The predicted octanol–water partition coefficient (Wildman–Crippen LogP) is 2.99. The molecule has 1 aromatic carbocycles. The van der Waals surface area contributed by atoms with Gasteiger partial charge in [0.2, 0.25) is 0 Å². The molecule has 0 atom stereocenters. The van der Waals surface area contributed by atoms with Crippen molar-refractivity contribution in [3.05, 3.63) is 29.3 Å². The molecule has 2 heteroatoms. The zero-order valence-corrected chi connectivity index (χ0v) is 8.83. The van der Waals surface area contributed by atoms with Gasteiger partial charge in [-0.1, -0.05) is 45.9 Å². The summed E-state index contributed by atoms with van der Waals surface area (Å²) in [7, 11) is 0. The second-order valence-corrected chi connectivity index (χ2v) is 4.09. The van der Waals surface area contributed by atoms with Crippen LogP contribution in [-0.4, -0.2) is 34.7 Å². The average Bonchev–Trinajstić information content (AvgIpc) is 2.03. The summed E-state index contributed by atoms with van der Waals surface area (Å²) in [5, 5.41) is 9.93. The van der Waals surface area contributed by atoms with Gasteiger partial charge in [0.15, 0.2) is 0 Å². The van der Waals surface area contributed by atoms with Crippen LogP contribution in [0.5, 0.6) is 5.75 Å². The Balaban J connectivity index is 0.00000169. The van der Waals surface area contributed by atoms with E-state index in [9.17, 15) is 5.11 Å². The molecule has 1 rings (SSSR count). The van der Waals surface area contributed by atoms with Gasteiger partial charge in [0.1, 0.15) is 5.75 Å². The van der Waals surface area contributed by atoms with Crippen molar-refractivity contribution >= 4 is 29.6 Å². The summed E-state index contributed by atoms with van der Waals surface area (Å²) in [6.45, 7) is 8.39. The van der Waals surface area contributed by atoms with Crippen LogP contribution in [0.4, 0.5) is 0 Å². The van der Waals surface area contributed by atoms with E-state index in [1.807, 2.05) is 18.2 Å². The number of hydrogen-bond donors (Lipinski definition) is 1. The molecule has 0 fully saturated rings. The molecule has 0 amide bonds. The first-order chi connectivity index (χ1) is 6.04. The van der Waals surface area contributed by atoms with Gasteiger partial charge >= 0.3 is 29.6 Å². The molecular weight excluding hydrogens is 183 g/mol. The van der Waals surface area contributed by atoms with Crippen LogP contribution in [0.25, 0.3) is 0 Å². The third kappa shape index (κ3) is 3.01. The van der Waals surface area contributed by atoms with Gasteiger partial charge < -0.3 is 5.11 Å². The Morgan fingerprint density at radius 3 is 1.57 bits per heavy atom. The Hall–Kier alpha value is 0.0200. The topological polar surface area (TPSA) is 20.2 Å². The summed E-state index contributed by atoms with van der Waals surface area (Å²) >= 11 is 0. The number of aromatic hydroxyl groups is 1. The van der Waals surface area contributed by atoms with Gasteiger partial charge in [-0.3, -0.25) is 0 Å². The number of rotatable bonds is 2. The van der Waals surface area contributed by atoms with E-state index in [0.717, 1.165) is 11.1 Å². The first-order valence-electron chi connectivity index (χ1n) is 4.85. The van der Waals surface area contributed by atoms with Crippen molar-refractivity contribution in [3.8, 4) is 5.75 Å². The molecule has 1 aromatic rings. The van der Waals surface area contributed by atoms with Crippen molar-refractivity contribution in [1.82, 2.24) is 0 Å². The first kappa shape index (κ1) is 14.0. The standard InChI is InChI=1S/C12H18O.Na.H/c1-8(2)10-6-5-7-11(9(3)4)12(10)13;;/h5-9,13H,1-4H3;;. The summed E-state index contributed by atoms with van der Waals surface area (Å²) < 4.78 is 0. The summed E-state index contributed by atoms with van der Waals surface area (Å²) in [5.41, 5.74) is 2.09. The van der Waals surface area contributed by atoms with Gasteiger partial charge in [-0.15, -0.1) is 0 Å². The van der Waals surface area contributed by atoms with Gasteiger partial charge in [0.25, 0.3) is 0 Å². The second-order valence-electron chi connectivity index (χ2n) is 4.09. The quantitative estimate of drug-likeness (QED) is 0.731. The van der Waals surface area contributed by atoms with Gasteiger partial charge in [0.05, 0.1) is 0 Å².